The molecule has 0 radical (unpaired) electrons. The molecule has 0 bridgehead atoms. The Hall–Kier alpha value is -0.860. The number of ketones is 1. The number of cyclic esters (lactones) is 1. The monoisotopic (exact) mass is 158 g/mol. The molecule has 0 amide bonds. The molecule has 11 heavy (non-hydrogen) atoms. The van der Waals surface area contributed by atoms with Gasteiger partial charge in [-0.1, -0.05) is 0 Å². The molecule has 0 aromatic rings. The molecule has 0 aliphatic carbocycles. The summed E-state index contributed by atoms with van der Waals surface area (Å²) in [6, 6.07) is 0. The van der Waals surface area contributed by atoms with E-state index < -0.39 is 0 Å². The van der Waals surface area contributed by atoms with E-state index >= 15 is 0 Å². The molecule has 1 aliphatic heterocycles. The molecule has 0 spiro atoms. The minimum atomic E-state index is -0.0486. The average molecular weight is 158 g/mol. The highest BCUT2D eigenvalue weighted by Crippen LogP contribution is 2.11. The van der Waals surface area contributed by atoms with Crippen molar-refractivity contribution in [3.63, 3.8) is 0 Å². The lowest BCUT2D eigenvalue weighted by atomic mass is 10.3. The molecule has 1 aliphatic rings. The molecular weight excluding hydrogens is 144 g/mol. The van der Waals surface area contributed by atoms with Gasteiger partial charge in [-0.2, -0.15) is 0 Å². The molecule has 64 valence electrons. The highest BCUT2D eigenvalue weighted by Gasteiger charge is 2.17. The highest BCUT2D eigenvalue weighted by molar-refractivity contribution is 5.72. The topological polar surface area (TPSA) is 43.4 Å². The second-order valence-corrected chi connectivity index (χ2v) is 2.75. The molecule has 0 aromatic heterocycles. The fourth-order valence-electron chi connectivity index (χ4n) is 0.663. The summed E-state index contributed by atoms with van der Waals surface area (Å²) >= 11 is 0. The van der Waals surface area contributed by atoms with Gasteiger partial charge in [-0.05, 0) is 27.2 Å². The lowest BCUT2D eigenvalue weighted by molar-refractivity contribution is -0.140. The largest absolute Gasteiger partial charge is 0.463 e. The van der Waals surface area contributed by atoms with Crippen LogP contribution in [0.3, 0.4) is 0 Å². The van der Waals surface area contributed by atoms with E-state index in [1.54, 1.807) is 0 Å². The van der Waals surface area contributed by atoms with Crippen LogP contribution in [0.15, 0.2) is 0 Å². The van der Waals surface area contributed by atoms with Crippen molar-refractivity contribution in [2.45, 2.75) is 39.7 Å². The van der Waals surface area contributed by atoms with Crippen molar-refractivity contribution in [3.8, 4) is 0 Å². The molecule has 3 nitrogen and oxygen atoms in total. The summed E-state index contributed by atoms with van der Waals surface area (Å²) in [6.45, 7) is 4.96. The van der Waals surface area contributed by atoms with Gasteiger partial charge in [0.2, 0.25) is 0 Å². The van der Waals surface area contributed by atoms with Gasteiger partial charge in [-0.25, -0.2) is 0 Å². The molecule has 1 unspecified atom stereocenters. The minimum Gasteiger partial charge on any atom is -0.463 e. The van der Waals surface area contributed by atoms with Crippen molar-refractivity contribution >= 4 is 11.8 Å². The number of esters is 1. The Balaban J connectivity index is 0.000000218. The van der Waals surface area contributed by atoms with Gasteiger partial charge in [0.25, 0.3) is 0 Å². The Bertz CT molecular complexity index is 147. The lowest BCUT2D eigenvalue weighted by Gasteiger charge is -1.95. The van der Waals surface area contributed by atoms with Crippen LogP contribution >= 0.6 is 0 Å². The number of hydrogen-bond donors (Lipinski definition) is 0. The van der Waals surface area contributed by atoms with Gasteiger partial charge in [0.15, 0.2) is 0 Å². The van der Waals surface area contributed by atoms with Gasteiger partial charge in [0.05, 0.1) is 6.10 Å². The van der Waals surface area contributed by atoms with Crippen molar-refractivity contribution in [1.82, 2.24) is 0 Å². The maximum Gasteiger partial charge on any atom is 0.306 e. The highest BCUT2D eigenvalue weighted by atomic mass is 16.5. The first-order valence-corrected chi connectivity index (χ1v) is 3.69. The summed E-state index contributed by atoms with van der Waals surface area (Å²) in [5, 5.41) is 0. The first-order valence-electron chi connectivity index (χ1n) is 3.69. The SMILES string of the molecule is CC(C)=O.CC1CCC(=O)O1. The maximum atomic E-state index is 10.2. The van der Waals surface area contributed by atoms with Crippen LogP contribution in [0.2, 0.25) is 0 Å². The summed E-state index contributed by atoms with van der Waals surface area (Å²) in [5.41, 5.74) is 0. The van der Waals surface area contributed by atoms with E-state index in [1.165, 1.54) is 13.8 Å². The van der Waals surface area contributed by atoms with E-state index in [0.29, 0.717) is 6.42 Å². The van der Waals surface area contributed by atoms with Crippen molar-refractivity contribution in [2.75, 3.05) is 0 Å². The van der Waals surface area contributed by atoms with Crippen molar-refractivity contribution in [1.29, 1.82) is 0 Å². The zero-order valence-electron chi connectivity index (χ0n) is 7.22. The quantitative estimate of drug-likeness (QED) is 0.499. The molecule has 0 aromatic carbocycles. The number of Topliss-reactive ketones (excluding diaryl/α,β-unsaturated/α-hetero) is 1. The zero-order chi connectivity index (χ0) is 8.85. The molecule has 0 saturated carbocycles. The van der Waals surface area contributed by atoms with Crippen LogP contribution in [-0.4, -0.2) is 17.9 Å². The molecule has 1 atom stereocenters. The Kier molecular flexibility index (Phi) is 4.50. The predicted octanol–water partition coefficient (Wildman–Crippen LogP) is 1.31. The molecule has 1 heterocycles. The number of carbonyl (C=O) groups excluding carboxylic acids is 2. The fraction of sp³-hybridized carbons (Fsp3) is 0.750. The van der Waals surface area contributed by atoms with E-state index in [9.17, 15) is 9.59 Å². The van der Waals surface area contributed by atoms with Crippen LogP contribution in [0.4, 0.5) is 0 Å². The summed E-state index contributed by atoms with van der Waals surface area (Å²) in [5.74, 6) is 0.118. The number of rotatable bonds is 0. The second kappa shape index (κ2) is 4.88. The normalized spacial score (nSPS) is 21.7. The smallest absolute Gasteiger partial charge is 0.306 e. The summed E-state index contributed by atoms with van der Waals surface area (Å²) in [4.78, 5) is 19.7. The second-order valence-electron chi connectivity index (χ2n) is 2.75. The Morgan fingerprint density at radius 3 is 2.09 bits per heavy atom. The number of carbonyl (C=O) groups is 2. The predicted molar refractivity (Wildman–Crippen MR) is 41.1 cm³/mol. The van der Waals surface area contributed by atoms with Gasteiger partial charge in [0, 0.05) is 6.42 Å². The first kappa shape index (κ1) is 10.1. The van der Waals surface area contributed by atoms with Crippen LogP contribution in [0, 0.1) is 0 Å². The van der Waals surface area contributed by atoms with Crippen LogP contribution in [0.1, 0.15) is 33.6 Å². The average Bonchev–Trinajstić information content (AvgIpc) is 2.13. The zero-order valence-corrected chi connectivity index (χ0v) is 7.22. The third-order valence-corrected chi connectivity index (χ3v) is 1.09. The molecule has 3 heteroatoms. The van der Waals surface area contributed by atoms with Gasteiger partial charge < -0.3 is 9.53 Å². The van der Waals surface area contributed by atoms with Crippen molar-refractivity contribution in [2.24, 2.45) is 0 Å². The van der Waals surface area contributed by atoms with E-state index in [4.69, 9.17) is 4.74 Å². The minimum absolute atomic E-state index is 0.0486. The Morgan fingerprint density at radius 1 is 1.55 bits per heavy atom. The molecular formula is C8H14O3. The van der Waals surface area contributed by atoms with Crippen LogP contribution in [0.25, 0.3) is 0 Å². The molecule has 1 fully saturated rings. The summed E-state index contributed by atoms with van der Waals surface area (Å²) in [6.07, 6.45) is 1.69. The number of hydrogen-bond acceptors (Lipinski definition) is 3. The summed E-state index contributed by atoms with van der Waals surface area (Å²) in [7, 11) is 0. The van der Waals surface area contributed by atoms with Gasteiger partial charge >= 0.3 is 5.97 Å². The molecule has 0 N–H and O–H groups in total. The Morgan fingerprint density at radius 2 is 2.00 bits per heavy atom. The first-order chi connectivity index (χ1) is 5.02. The van der Waals surface area contributed by atoms with E-state index in [1.807, 2.05) is 6.92 Å². The van der Waals surface area contributed by atoms with Gasteiger partial charge in [0.1, 0.15) is 5.78 Å². The third-order valence-electron chi connectivity index (χ3n) is 1.09. The standard InChI is InChI=1S/C5H8O2.C3H6O/c1-4-2-3-5(6)7-4;1-3(2)4/h4H,2-3H2,1H3;1-2H3. The molecule has 1 saturated heterocycles. The number of ether oxygens (including phenoxy) is 1. The van der Waals surface area contributed by atoms with Crippen molar-refractivity contribution in [3.05, 3.63) is 0 Å². The van der Waals surface area contributed by atoms with Crippen molar-refractivity contribution < 1.29 is 14.3 Å². The van der Waals surface area contributed by atoms with E-state index in [2.05, 4.69) is 0 Å². The third kappa shape index (κ3) is 7.03. The lowest BCUT2D eigenvalue weighted by Crippen LogP contribution is -1.98. The van der Waals surface area contributed by atoms with Crippen LogP contribution in [-0.2, 0) is 14.3 Å². The molecule has 1 rings (SSSR count). The maximum absolute atomic E-state index is 10.2. The summed E-state index contributed by atoms with van der Waals surface area (Å²) < 4.78 is 4.72. The fourth-order valence-corrected chi connectivity index (χ4v) is 0.663. The van der Waals surface area contributed by atoms with Crippen LogP contribution in [0.5, 0.6) is 0 Å². The van der Waals surface area contributed by atoms with Crippen LogP contribution < -0.4 is 0 Å². The van der Waals surface area contributed by atoms with Gasteiger partial charge in [-0.3, -0.25) is 4.79 Å². The van der Waals surface area contributed by atoms with Gasteiger partial charge in [-0.15, -0.1) is 0 Å². The van der Waals surface area contributed by atoms with E-state index in [-0.39, 0.29) is 17.9 Å². The van der Waals surface area contributed by atoms with E-state index in [0.717, 1.165) is 6.42 Å². The Labute approximate surface area is 66.7 Å².